The maximum atomic E-state index is 11.9. The lowest BCUT2D eigenvalue weighted by molar-refractivity contribution is 0.0946. The van der Waals surface area contributed by atoms with Crippen molar-refractivity contribution < 1.29 is 4.79 Å². The van der Waals surface area contributed by atoms with Crippen LogP contribution in [0.5, 0.6) is 0 Å². The Balaban J connectivity index is 2.02. The molecule has 0 aromatic heterocycles. The van der Waals surface area contributed by atoms with E-state index in [1.165, 1.54) is 0 Å². The number of hydrogen-bond acceptors (Lipinski definition) is 1. The van der Waals surface area contributed by atoms with E-state index in [0.717, 1.165) is 27.6 Å². The minimum Gasteiger partial charge on any atom is -0.352 e. The molecule has 1 aliphatic heterocycles. The number of hydrogen-bond donors (Lipinski definition) is 1. The van der Waals surface area contributed by atoms with Crippen LogP contribution < -0.4 is 5.32 Å². The standard InChI is InChI=1S/C16H12BrCl2NO/c17-11-3-4-14(18)13(8-11)15(19)10-2-1-9-5-6-20-16(21)12(9)7-10/h1-4,7-8,15H,5-6H2,(H,20,21). The zero-order valence-corrected chi connectivity index (χ0v) is 14.1. The molecule has 1 unspecified atom stereocenters. The highest BCUT2D eigenvalue weighted by Gasteiger charge is 2.20. The van der Waals surface area contributed by atoms with Gasteiger partial charge in [-0.25, -0.2) is 0 Å². The molecule has 0 radical (unpaired) electrons. The lowest BCUT2D eigenvalue weighted by atomic mass is 9.95. The highest BCUT2D eigenvalue weighted by atomic mass is 79.9. The Morgan fingerprint density at radius 3 is 2.81 bits per heavy atom. The molecule has 1 atom stereocenters. The van der Waals surface area contributed by atoms with Crippen LogP contribution in [0.1, 0.15) is 32.4 Å². The van der Waals surface area contributed by atoms with Crippen LogP contribution in [0.4, 0.5) is 0 Å². The van der Waals surface area contributed by atoms with Crippen molar-refractivity contribution in [3.8, 4) is 0 Å². The largest absolute Gasteiger partial charge is 0.352 e. The van der Waals surface area contributed by atoms with Gasteiger partial charge in [-0.1, -0.05) is 39.7 Å². The van der Waals surface area contributed by atoms with Crippen molar-refractivity contribution in [1.82, 2.24) is 5.32 Å². The van der Waals surface area contributed by atoms with Crippen LogP contribution in [0.3, 0.4) is 0 Å². The first-order chi connectivity index (χ1) is 10.1. The van der Waals surface area contributed by atoms with E-state index in [1.54, 1.807) is 0 Å². The molecular weight excluding hydrogens is 373 g/mol. The topological polar surface area (TPSA) is 29.1 Å². The number of rotatable bonds is 2. The molecule has 0 aliphatic carbocycles. The molecule has 0 saturated heterocycles. The van der Waals surface area contributed by atoms with E-state index >= 15 is 0 Å². The first-order valence-corrected chi connectivity index (χ1v) is 8.17. The number of halogens is 3. The molecule has 2 aromatic carbocycles. The van der Waals surface area contributed by atoms with Crippen molar-refractivity contribution in [2.24, 2.45) is 0 Å². The number of benzene rings is 2. The molecule has 3 rings (SSSR count). The fraction of sp³-hybridized carbons (Fsp3) is 0.188. The van der Waals surface area contributed by atoms with Gasteiger partial charge in [0.15, 0.2) is 0 Å². The summed E-state index contributed by atoms with van der Waals surface area (Å²) >= 11 is 16.2. The summed E-state index contributed by atoms with van der Waals surface area (Å²) in [6, 6.07) is 11.4. The SMILES string of the molecule is O=C1NCCc2ccc(C(Cl)c3cc(Br)ccc3Cl)cc21. The van der Waals surface area contributed by atoms with E-state index in [9.17, 15) is 4.79 Å². The lowest BCUT2D eigenvalue weighted by Gasteiger charge is -2.19. The molecule has 1 heterocycles. The average molecular weight is 385 g/mol. The molecule has 0 saturated carbocycles. The second-order valence-corrected chi connectivity index (χ2v) is 6.71. The molecule has 2 nitrogen and oxygen atoms in total. The summed E-state index contributed by atoms with van der Waals surface area (Å²) in [5, 5.41) is 3.07. The summed E-state index contributed by atoms with van der Waals surface area (Å²) in [6.07, 6.45) is 0.853. The predicted octanol–water partition coefficient (Wildman–Crippen LogP) is 4.72. The van der Waals surface area contributed by atoms with Gasteiger partial charge in [-0.2, -0.15) is 0 Å². The van der Waals surface area contributed by atoms with Gasteiger partial charge >= 0.3 is 0 Å². The number of amides is 1. The van der Waals surface area contributed by atoms with Crippen LogP contribution in [0.2, 0.25) is 5.02 Å². The molecule has 108 valence electrons. The predicted molar refractivity (Wildman–Crippen MR) is 89.3 cm³/mol. The van der Waals surface area contributed by atoms with E-state index in [0.29, 0.717) is 17.1 Å². The van der Waals surface area contributed by atoms with E-state index in [1.807, 2.05) is 36.4 Å². The van der Waals surface area contributed by atoms with E-state index in [-0.39, 0.29) is 5.91 Å². The van der Waals surface area contributed by atoms with Gasteiger partial charge in [0.1, 0.15) is 0 Å². The fourth-order valence-electron chi connectivity index (χ4n) is 2.48. The normalized spacial score (nSPS) is 15.3. The monoisotopic (exact) mass is 383 g/mol. The zero-order valence-electron chi connectivity index (χ0n) is 11.0. The maximum absolute atomic E-state index is 11.9. The van der Waals surface area contributed by atoms with Crippen molar-refractivity contribution >= 4 is 45.0 Å². The molecule has 0 fully saturated rings. The highest BCUT2D eigenvalue weighted by Crippen LogP contribution is 2.36. The highest BCUT2D eigenvalue weighted by molar-refractivity contribution is 9.10. The Morgan fingerprint density at radius 2 is 2.00 bits per heavy atom. The Bertz CT molecular complexity index is 717. The number of carbonyl (C=O) groups is 1. The molecule has 2 aromatic rings. The van der Waals surface area contributed by atoms with Crippen LogP contribution in [0, 0.1) is 0 Å². The van der Waals surface area contributed by atoms with Crippen molar-refractivity contribution in [3.05, 3.63) is 68.1 Å². The Morgan fingerprint density at radius 1 is 1.19 bits per heavy atom. The van der Waals surface area contributed by atoms with Crippen molar-refractivity contribution in [1.29, 1.82) is 0 Å². The number of carbonyl (C=O) groups excluding carboxylic acids is 1. The van der Waals surface area contributed by atoms with Gasteiger partial charge < -0.3 is 5.32 Å². The third-order valence-electron chi connectivity index (χ3n) is 3.58. The Kier molecular flexibility index (Phi) is 4.25. The average Bonchev–Trinajstić information content (AvgIpc) is 2.49. The summed E-state index contributed by atoms with van der Waals surface area (Å²) in [6.45, 7) is 0.687. The molecular formula is C16H12BrCl2NO. The minimum atomic E-state index is -0.393. The van der Waals surface area contributed by atoms with Crippen LogP contribution in [0.15, 0.2) is 40.9 Å². The molecule has 21 heavy (non-hydrogen) atoms. The van der Waals surface area contributed by atoms with Gasteiger partial charge in [-0.15, -0.1) is 11.6 Å². The Hall–Kier alpha value is -1.03. The summed E-state index contributed by atoms with van der Waals surface area (Å²) in [7, 11) is 0. The van der Waals surface area contributed by atoms with Crippen LogP contribution in [0.25, 0.3) is 0 Å². The summed E-state index contributed by atoms with van der Waals surface area (Å²) in [5.74, 6) is -0.0395. The molecule has 5 heteroatoms. The van der Waals surface area contributed by atoms with Crippen LogP contribution >= 0.6 is 39.1 Å². The summed E-state index contributed by atoms with van der Waals surface area (Å²) in [5.41, 5.74) is 3.46. The number of alkyl halides is 1. The second kappa shape index (κ2) is 5.99. The quantitative estimate of drug-likeness (QED) is 0.746. The van der Waals surface area contributed by atoms with E-state index in [2.05, 4.69) is 21.2 Å². The lowest BCUT2D eigenvalue weighted by Crippen LogP contribution is -2.31. The van der Waals surface area contributed by atoms with Crippen molar-refractivity contribution in [3.63, 3.8) is 0 Å². The molecule has 1 amide bonds. The summed E-state index contributed by atoms with van der Waals surface area (Å²) in [4.78, 5) is 11.9. The first-order valence-electron chi connectivity index (χ1n) is 6.56. The Labute approximate surface area is 141 Å². The van der Waals surface area contributed by atoms with E-state index in [4.69, 9.17) is 23.2 Å². The van der Waals surface area contributed by atoms with Crippen LogP contribution in [-0.4, -0.2) is 12.5 Å². The van der Waals surface area contributed by atoms with Gasteiger partial charge in [-0.3, -0.25) is 4.79 Å². The molecule has 0 spiro atoms. The van der Waals surface area contributed by atoms with Crippen molar-refractivity contribution in [2.45, 2.75) is 11.8 Å². The number of fused-ring (bicyclic) bond motifs is 1. The fourth-order valence-corrected chi connectivity index (χ4v) is 3.45. The third kappa shape index (κ3) is 2.96. The molecule has 1 N–H and O–H groups in total. The number of nitrogens with one attached hydrogen (secondary N) is 1. The van der Waals surface area contributed by atoms with Gasteiger partial charge in [0.05, 0.1) is 5.38 Å². The minimum absolute atomic E-state index is 0.0395. The smallest absolute Gasteiger partial charge is 0.251 e. The zero-order chi connectivity index (χ0) is 15.0. The summed E-state index contributed by atoms with van der Waals surface area (Å²) < 4.78 is 0.920. The van der Waals surface area contributed by atoms with Gasteiger partial charge in [-0.05, 0) is 47.4 Å². The van der Waals surface area contributed by atoms with Crippen LogP contribution in [-0.2, 0) is 6.42 Å². The van der Waals surface area contributed by atoms with Gasteiger partial charge in [0.25, 0.3) is 5.91 Å². The van der Waals surface area contributed by atoms with Crippen molar-refractivity contribution in [2.75, 3.05) is 6.54 Å². The van der Waals surface area contributed by atoms with E-state index < -0.39 is 5.38 Å². The molecule has 0 bridgehead atoms. The maximum Gasteiger partial charge on any atom is 0.251 e. The van der Waals surface area contributed by atoms with Gasteiger partial charge in [0.2, 0.25) is 0 Å². The second-order valence-electron chi connectivity index (χ2n) is 4.95. The first kappa shape index (κ1) is 14.9. The third-order valence-corrected chi connectivity index (χ3v) is 4.91. The van der Waals surface area contributed by atoms with Gasteiger partial charge in [0, 0.05) is 21.6 Å². The molecule has 1 aliphatic rings.